The molecule has 1 aromatic rings. The summed E-state index contributed by atoms with van der Waals surface area (Å²) in [5.74, 6) is -3.16. The number of nitrogens with one attached hydrogen (secondary N) is 3. The highest BCUT2D eigenvalue weighted by Gasteiger charge is 2.42. The van der Waals surface area contributed by atoms with Crippen molar-refractivity contribution >= 4 is 41.3 Å². The van der Waals surface area contributed by atoms with Crippen LogP contribution >= 0.6 is 0 Å². The van der Waals surface area contributed by atoms with Gasteiger partial charge in [0.05, 0.1) is 12.1 Å². The van der Waals surface area contributed by atoms with Crippen LogP contribution in [0.1, 0.15) is 107 Å². The minimum absolute atomic E-state index is 0.0357. The Morgan fingerprint density at radius 2 is 1.44 bits per heavy atom. The van der Waals surface area contributed by atoms with Crippen molar-refractivity contribution < 1.29 is 43.4 Å². The molecule has 1 aliphatic rings. The molecule has 0 saturated heterocycles. The molecule has 0 aliphatic carbocycles. The van der Waals surface area contributed by atoms with Gasteiger partial charge in [0.15, 0.2) is 0 Å². The second-order valence-electron chi connectivity index (χ2n) is 17.7. The largest absolute Gasteiger partial charge is 0.508 e. The summed E-state index contributed by atoms with van der Waals surface area (Å²) in [5.41, 5.74) is -1.26. The van der Waals surface area contributed by atoms with E-state index in [1.54, 1.807) is 72.1 Å². The fraction of sp³-hybridized carbons (Fsp3) is 0.605. The molecule has 4 N–H and O–H groups in total. The van der Waals surface area contributed by atoms with E-state index in [-0.39, 0.29) is 67.1 Å². The van der Waals surface area contributed by atoms with Gasteiger partial charge in [-0.25, -0.2) is 4.79 Å². The standard InChI is InChI=1S/C43H65N5O9/c1-26(2)32(47(13)39(55)36(41(4,5)6)46-38(54)35(44-12)43(10,11)28-16-18-30(50)19-17-28)25-27(3)37(53)45-31(40(56)57-42(7,8)9)21-20-29(49)15-14-24-48-33(51)22-23-34(48)52/h16-19,22-23,25-26,31-32,35-36,44,50H,14-15,20-21,24H2,1-13H3,(H,45,53)(H,46,54)/b27-25+/t31-,32-,35-,36-/m1/s1. The first-order valence-corrected chi connectivity index (χ1v) is 19.5. The lowest BCUT2D eigenvalue weighted by atomic mass is 9.76. The van der Waals surface area contributed by atoms with Crippen LogP contribution in [0.5, 0.6) is 5.75 Å². The SMILES string of the molecule is CN[C@H](C(=O)N[C@H](C(=O)N(C)[C@H](/C=C(\C)C(=O)N[C@H](CCC(=O)CCCN1C(=O)C=CC1=O)C(=O)OC(C)(C)C)C(C)C)C(C)(C)C)C(C)(C)c1ccc(O)cc1. The number of carbonyl (C=O) groups excluding carboxylic acids is 7. The number of amides is 5. The molecule has 316 valence electrons. The zero-order valence-electron chi connectivity index (χ0n) is 36.1. The van der Waals surface area contributed by atoms with Crippen LogP contribution in [0, 0.1) is 11.3 Å². The molecule has 14 heteroatoms. The third-order valence-electron chi connectivity index (χ3n) is 9.99. The molecule has 0 spiro atoms. The molecule has 2 rings (SSSR count). The maximum atomic E-state index is 14.3. The summed E-state index contributed by atoms with van der Waals surface area (Å²) in [6.45, 7) is 19.9. The molecule has 4 atom stereocenters. The highest BCUT2D eigenvalue weighted by atomic mass is 16.6. The Kier molecular flexibility index (Phi) is 17.0. The van der Waals surface area contributed by atoms with Crippen molar-refractivity contribution in [1.29, 1.82) is 0 Å². The number of ether oxygens (including phenoxy) is 1. The highest BCUT2D eigenvalue weighted by molar-refractivity contribution is 6.12. The quantitative estimate of drug-likeness (QED) is 0.0901. The lowest BCUT2D eigenvalue weighted by Crippen LogP contribution is -2.61. The van der Waals surface area contributed by atoms with E-state index in [9.17, 15) is 38.7 Å². The van der Waals surface area contributed by atoms with Crippen LogP contribution in [0.4, 0.5) is 0 Å². The van der Waals surface area contributed by atoms with Gasteiger partial charge in [0.2, 0.25) is 17.7 Å². The zero-order chi connectivity index (χ0) is 43.6. The Bertz CT molecular complexity index is 1680. The lowest BCUT2D eigenvalue weighted by molar-refractivity contribution is -0.158. The van der Waals surface area contributed by atoms with Gasteiger partial charge in [-0.05, 0) is 76.6 Å². The van der Waals surface area contributed by atoms with Crippen LogP contribution < -0.4 is 16.0 Å². The summed E-state index contributed by atoms with van der Waals surface area (Å²) < 4.78 is 5.56. The van der Waals surface area contributed by atoms with E-state index in [1.165, 1.54) is 17.1 Å². The monoisotopic (exact) mass is 795 g/mol. The Hall–Kier alpha value is -4.85. The third kappa shape index (κ3) is 13.9. The van der Waals surface area contributed by atoms with Gasteiger partial charge in [-0.3, -0.25) is 33.7 Å². The van der Waals surface area contributed by atoms with E-state index < -0.39 is 64.3 Å². The van der Waals surface area contributed by atoms with Crippen LogP contribution in [-0.2, 0) is 43.7 Å². The Balaban J connectivity index is 2.25. The number of imide groups is 1. The second kappa shape index (κ2) is 20.0. The van der Waals surface area contributed by atoms with Gasteiger partial charge in [-0.15, -0.1) is 0 Å². The number of esters is 1. The molecular formula is C43H65N5O9. The molecule has 5 amide bonds. The maximum absolute atomic E-state index is 14.3. The van der Waals surface area contributed by atoms with E-state index >= 15 is 0 Å². The Morgan fingerprint density at radius 1 is 0.877 bits per heavy atom. The van der Waals surface area contributed by atoms with E-state index in [0.29, 0.717) is 0 Å². The van der Waals surface area contributed by atoms with Gasteiger partial charge < -0.3 is 30.7 Å². The maximum Gasteiger partial charge on any atom is 0.329 e. The van der Waals surface area contributed by atoms with Gasteiger partial charge >= 0.3 is 5.97 Å². The van der Waals surface area contributed by atoms with Crippen LogP contribution in [0.25, 0.3) is 0 Å². The number of rotatable bonds is 19. The highest BCUT2D eigenvalue weighted by Crippen LogP contribution is 2.30. The lowest BCUT2D eigenvalue weighted by Gasteiger charge is -2.40. The average molecular weight is 796 g/mol. The van der Waals surface area contributed by atoms with Gasteiger partial charge in [0.1, 0.15) is 29.2 Å². The molecule has 0 aromatic heterocycles. The smallest absolute Gasteiger partial charge is 0.329 e. The molecule has 0 radical (unpaired) electrons. The number of hydrogen-bond donors (Lipinski definition) is 4. The van der Waals surface area contributed by atoms with Gasteiger partial charge in [0.25, 0.3) is 11.8 Å². The van der Waals surface area contributed by atoms with Crippen molar-refractivity contribution in [2.45, 2.75) is 137 Å². The normalized spacial score (nSPS) is 15.9. The van der Waals surface area contributed by atoms with Gasteiger partial charge in [0, 0.05) is 49.6 Å². The van der Waals surface area contributed by atoms with E-state index in [1.807, 2.05) is 48.5 Å². The summed E-state index contributed by atoms with van der Waals surface area (Å²) in [5, 5.41) is 18.6. The second-order valence-corrected chi connectivity index (χ2v) is 17.7. The molecule has 14 nitrogen and oxygen atoms in total. The van der Waals surface area contributed by atoms with Crippen LogP contribution in [0.15, 0.2) is 48.1 Å². The van der Waals surface area contributed by atoms with Crippen LogP contribution in [-0.4, -0.2) is 107 Å². The molecule has 57 heavy (non-hydrogen) atoms. The van der Waals surface area contributed by atoms with Gasteiger partial charge in [-0.1, -0.05) is 66.7 Å². The number of benzene rings is 1. The third-order valence-corrected chi connectivity index (χ3v) is 9.99. The molecule has 0 saturated carbocycles. The minimum Gasteiger partial charge on any atom is -0.508 e. The molecule has 0 bridgehead atoms. The fourth-order valence-corrected chi connectivity index (χ4v) is 6.60. The summed E-state index contributed by atoms with van der Waals surface area (Å²) in [6, 6.07) is 3.19. The molecule has 0 unspecified atom stereocenters. The van der Waals surface area contributed by atoms with Crippen molar-refractivity contribution in [2.75, 3.05) is 20.6 Å². The number of phenols is 1. The number of phenolic OH excluding ortho intramolecular Hbond substituents is 1. The fourth-order valence-electron chi connectivity index (χ4n) is 6.60. The number of carbonyl (C=O) groups is 7. The van der Waals surface area contributed by atoms with E-state index in [2.05, 4.69) is 16.0 Å². The number of likely N-dealkylation sites (N-methyl/N-ethyl adjacent to an activating group) is 2. The van der Waals surface area contributed by atoms with Crippen LogP contribution in [0.2, 0.25) is 0 Å². The molecule has 0 fully saturated rings. The van der Waals surface area contributed by atoms with Crippen molar-refractivity contribution in [3.63, 3.8) is 0 Å². The topological polar surface area (TPSA) is 192 Å². The molecule has 1 aromatic carbocycles. The Labute approximate surface area is 338 Å². The van der Waals surface area contributed by atoms with Crippen molar-refractivity contribution in [1.82, 2.24) is 25.8 Å². The average Bonchev–Trinajstić information content (AvgIpc) is 3.41. The van der Waals surface area contributed by atoms with E-state index in [4.69, 9.17) is 4.74 Å². The van der Waals surface area contributed by atoms with Crippen LogP contribution in [0.3, 0.4) is 0 Å². The first-order chi connectivity index (χ1) is 26.2. The first kappa shape index (κ1) is 48.3. The van der Waals surface area contributed by atoms with E-state index in [0.717, 1.165) is 10.5 Å². The van der Waals surface area contributed by atoms with Crippen molar-refractivity contribution in [2.24, 2.45) is 11.3 Å². The summed E-state index contributed by atoms with van der Waals surface area (Å²) >= 11 is 0. The Morgan fingerprint density at radius 3 is 1.93 bits per heavy atom. The van der Waals surface area contributed by atoms with Gasteiger partial charge in [-0.2, -0.15) is 0 Å². The molecule has 1 heterocycles. The molecule has 1 aliphatic heterocycles. The zero-order valence-corrected chi connectivity index (χ0v) is 36.1. The summed E-state index contributed by atoms with van der Waals surface area (Å²) in [6.07, 6.45) is 4.26. The number of nitrogens with zero attached hydrogens (tertiary/aromatic N) is 2. The molecular weight excluding hydrogens is 730 g/mol. The summed E-state index contributed by atoms with van der Waals surface area (Å²) in [7, 11) is 3.30. The summed E-state index contributed by atoms with van der Waals surface area (Å²) in [4.78, 5) is 94.1. The number of ketones is 1. The van der Waals surface area contributed by atoms with Crippen molar-refractivity contribution in [3.05, 3.63) is 53.6 Å². The predicted octanol–water partition coefficient (Wildman–Crippen LogP) is 4.10. The minimum atomic E-state index is -1.15. The van der Waals surface area contributed by atoms with Crippen molar-refractivity contribution in [3.8, 4) is 5.75 Å². The number of Topliss-reactive ketones (excluding diaryl/α,β-unsaturated/α-hetero) is 1. The number of aromatic hydroxyl groups is 1. The number of hydrogen-bond acceptors (Lipinski definition) is 10. The predicted molar refractivity (Wildman–Crippen MR) is 218 cm³/mol. The first-order valence-electron chi connectivity index (χ1n) is 19.5.